The molecule has 1 aliphatic heterocycles. The van der Waals surface area contributed by atoms with Crippen LogP contribution in [0.4, 0.5) is 10.1 Å². The van der Waals surface area contributed by atoms with Crippen LogP contribution in [0, 0.1) is 31.5 Å². The van der Waals surface area contributed by atoms with E-state index >= 15 is 0 Å². The number of benzene rings is 3. The number of hydrogen-bond donors (Lipinski definition) is 3. The van der Waals surface area contributed by atoms with Crippen LogP contribution in [0.2, 0.25) is 0 Å². The van der Waals surface area contributed by atoms with E-state index in [1.807, 2.05) is 26.1 Å². The predicted octanol–water partition coefficient (Wildman–Crippen LogP) is 6.66. The fraction of sp³-hybridized carbons (Fsp3) is 0.267. The lowest BCUT2D eigenvalue weighted by Gasteiger charge is -2.43. The third kappa shape index (κ3) is 3.57. The van der Waals surface area contributed by atoms with E-state index in [0.29, 0.717) is 5.56 Å². The smallest absolute Gasteiger partial charge is 0.124 e. The summed E-state index contributed by atoms with van der Waals surface area (Å²) in [7, 11) is 0. The van der Waals surface area contributed by atoms with E-state index in [0.717, 1.165) is 39.0 Å². The highest BCUT2D eigenvalue weighted by Gasteiger charge is 2.40. The van der Waals surface area contributed by atoms with Crippen molar-refractivity contribution in [2.24, 2.45) is 0 Å². The van der Waals surface area contributed by atoms with Gasteiger partial charge in [-0.25, -0.2) is 4.39 Å². The fourth-order valence-corrected chi connectivity index (χ4v) is 5.21. The molecule has 34 heavy (non-hydrogen) atoms. The standard InChI is InChI=1S/C30H29FN2O/c1-17-14-25(24-11-7-10-22-18(2)16-32-28(22)24)23(13-12-20-8-6-9-21(31)15-20)26-19(3)29(34)30(4,5)33-27(17)26/h6-11,14-16,19,29,32-34H,1-5H3/t19-,29+/m1/s1. The Labute approximate surface area is 200 Å². The number of aromatic nitrogens is 1. The minimum atomic E-state index is -0.590. The number of anilines is 1. The number of para-hydroxylation sites is 1. The molecule has 2 atom stereocenters. The molecule has 0 saturated heterocycles. The number of aliphatic hydroxyl groups is 1. The van der Waals surface area contributed by atoms with Crippen LogP contribution in [0.3, 0.4) is 0 Å². The lowest BCUT2D eigenvalue weighted by molar-refractivity contribution is 0.0868. The molecule has 4 heteroatoms. The van der Waals surface area contributed by atoms with Crippen molar-refractivity contribution < 1.29 is 9.50 Å². The molecule has 4 aromatic rings. The molecule has 0 spiro atoms. The van der Waals surface area contributed by atoms with Gasteiger partial charge < -0.3 is 15.4 Å². The number of halogens is 1. The molecule has 1 aliphatic rings. The lowest BCUT2D eigenvalue weighted by Crippen LogP contribution is -2.50. The quantitative estimate of drug-likeness (QED) is 0.283. The monoisotopic (exact) mass is 452 g/mol. The van der Waals surface area contributed by atoms with Gasteiger partial charge in [0.1, 0.15) is 5.82 Å². The van der Waals surface area contributed by atoms with E-state index in [4.69, 9.17) is 0 Å². The molecule has 0 saturated carbocycles. The lowest BCUT2D eigenvalue weighted by atomic mass is 9.75. The second-order valence-electron chi connectivity index (χ2n) is 9.95. The van der Waals surface area contributed by atoms with Crippen LogP contribution in [0.15, 0.2) is 54.7 Å². The van der Waals surface area contributed by atoms with Crippen molar-refractivity contribution in [3.05, 3.63) is 88.4 Å². The van der Waals surface area contributed by atoms with E-state index in [9.17, 15) is 9.50 Å². The molecule has 1 aromatic heterocycles. The number of hydrogen-bond acceptors (Lipinski definition) is 2. The average molecular weight is 453 g/mol. The minimum absolute atomic E-state index is 0.133. The second-order valence-corrected chi connectivity index (χ2v) is 9.95. The summed E-state index contributed by atoms with van der Waals surface area (Å²) in [6.07, 6.45) is 1.43. The van der Waals surface area contributed by atoms with Crippen molar-refractivity contribution >= 4 is 16.6 Å². The third-order valence-electron chi connectivity index (χ3n) is 7.05. The summed E-state index contributed by atoms with van der Waals surface area (Å²) < 4.78 is 13.8. The highest BCUT2D eigenvalue weighted by molar-refractivity contribution is 5.98. The van der Waals surface area contributed by atoms with Gasteiger partial charge in [0.05, 0.1) is 17.2 Å². The van der Waals surface area contributed by atoms with Gasteiger partial charge in [-0.05, 0) is 68.7 Å². The van der Waals surface area contributed by atoms with Crippen molar-refractivity contribution in [1.29, 1.82) is 0 Å². The maximum Gasteiger partial charge on any atom is 0.124 e. The first kappa shape index (κ1) is 22.3. The molecule has 172 valence electrons. The van der Waals surface area contributed by atoms with Crippen molar-refractivity contribution in [3.63, 3.8) is 0 Å². The zero-order valence-electron chi connectivity index (χ0n) is 20.2. The maximum atomic E-state index is 13.8. The minimum Gasteiger partial charge on any atom is -0.390 e. The van der Waals surface area contributed by atoms with Crippen LogP contribution in [-0.2, 0) is 0 Å². The predicted molar refractivity (Wildman–Crippen MR) is 138 cm³/mol. The summed E-state index contributed by atoms with van der Waals surface area (Å²) in [5.74, 6) is 6.12. The number of aryl methyl sites for hydroxylation is 2. The van der Waals surface area contributed by atoms with E-state index in [2.05, 4.69) is 67.2 Å². The van der Waals surface area contributed by atoms with Gasteiger partial charge in [-0.3, -0.25) is 0 Å². The van der Waals surface area contributed by atoms with Gasteiger partial charge in [0.25, 0.3) is 0 Å². The zero-order chi connectivity index (χ0) is 24.2. The molecular weight excluding hydrogens is 423 g/mol. The van der Waals surface area contributed by atoms with Crippen LogP contribution in [-0.4, -0.2) is 21.7 Å². The van der Waals surface area contributed by atoms with Crippen LogP contribution >= 0.6 is 0 Å². The number of fused-ring (bicyclic) bond motifs is 2. The number of aromatic amines is 1. The maximum absolute atomic E-state index is 13.8. The van der Waals surface area contributed by atoms with Gasteiger partial charge >= 0.3 is 0 Å². The molecule has 3 N–H and O–H groups in total. The second kappa shape index (κ2) is 8.04. The summed E-state index contributed by atoms with van der Waals surface area (Å²) in [5.41, 5.74) is 8.45. The Hall–Kier alpha value is -3.55. The summed E-state index contributed by atoms with van der Waals surface area (Å²) in [6.45, 7) is 10.3. The number of nitrogens with one attached hydrogen (secondary N) is 2. The average Bonchev–Trinajstić information content (AvgIpc) is 3.18. The van der Waals surface area contributed by atoms with Gasteiger partial charge in [0.2, 0.25) is 0 Å². The fourth-order valence-electron chi connectivity index (χ4n) is 5.21. The van der Waals surface area contributed by atoms with Gasteiger partial charge in [0, 0.05) is 45.4 Å². The Kier molecular flexibility index (Phi) is 5.26. The van der Waals surface area contributed by atoms with Crippen LogP contribution < -0.4 is 5.32 Å². The summed E-state index contributed by atoms with van der Waals surface area (Å²) in [4.78, 5) is 3.43. The van der Waals surface area contributed by atoms with Gasteiger partial charge in [-0.15, -0.1) is 0 Å². The summed E-state index contributed by atoms with van der Waals surface area (Å²) in [5, 5.41) is 15.9. The van der Waals surface area contributed by atoms with Crippen LogP contribution in [0.1, 0.15) is 54.5 Å². The first-order chi connectivity index (χ1) is 16.2. The van der Waals surface area contributed by atoms with E-state index in [-0.39, 0.29) is 11.7 Å². The first-order valence-corrected chi connectivity index (χ1v) is 11.7. The molecule has 3 nitrogen and oxygen atoms in total. The highest BCUT2D eigenvalue weighted by atomic mass is 19.1. The number of H-pyrrole nitrogens is 1. The zero-order valence-corrected chi connectivity index (χ0v) is 20.2. The summed E-state index contributed by atoms with van der Waals surface area (Å²) >= 11 is 0. The van der Waals surface area contributed by atoms with Crippen molar-refractivity contribution in [1.82, 2.24) is 4.98 Å². The molecule has 0 fully saturated rings. The Morgan fingerprint density at radius 2 is 1.74 bits per heavy atom. The van der Waals surface area contributed by atoms with Gasteiger partial charge in [-0.1, -0.05) is 43.0 Å². The van der Waals surface area contributed by atoms with Crippen LogP contribution in [0.25, 0.3) is 22.0 Å². The third-order valence-corrected chi connectivity index (χ3v) is 7.05. The van der Waals surface area contributed by atoms with Crippen molar-refractivity contribution in [2.75, 3.05) is 5.32 Å². The highest BCUT2D eigenvalue weighted by Crippen LogP contribution is 2.46. The number of aliphatic hydroxyl groups excluding tert-OH is 1. The summed E-state index contributed by atoms with van der Waals surface area (Å²) in [6, 6.07) is 14.8. The molecule has 2 heterocycles. The van der Waals surface area contributed by atoms with Crippen molar-refractivity contribution in [3.8, 4) is 23.0 Å². The Morgan fingerprint density at radius 1 is 0.971 bits per heavy atom. The van der Waals surface area contributed by atoms with Crippen molar-refractivity contribution in [2.45, 2.75) is 52.2 Å². The van der Waals surface area contributed by atoms with Crippen LogP contribution in [0.5, 0.6) is 0 Å². The molecule has 0 radical (unpaired) electrons. The Morgan fingerprint density at radius 3 is 2.50 bits per heavy atom. The molecule has 0 amide bonds. The first-order valence-electron chi connectivity index (χ1n) is 11.7. The van der Waals surface area contributed by atoms with Gasteiger partial charge in [0.15, 0.2) is 0 Å². The van der Waals surface area contributed by atoms with E-state index in [1.165, 1.54) is 23.1 Å². The van der Waals surface area contributed by atoms with E-state index in [1.54, 1.807) is 6.07 Å². The topological polar surface area (TPSA) is 48.0 Å². The molecule has 3 aromatic carbocycles. The largest absolute Gasteiger partial charge is 0.390 e. The van der Waals surface area contributed by atoms with E-state index < -0.39 is 11.6 Å². The SMILES string of the molecule is Cc1cc(-c2cccc3c(C)c[nH]c23)c(C#Cc2cccc(F)c2)c2c1NC(C)(C)[C@@H](O)[C@@H]2C. The molecule has 5 rings (SSSR count). The molecule has 0 unspecified atom stereocenters. The number of rotatable bonds is 1. The molecular formula is C30H29FN2O. The Balaban J connectivity index is 1.83. The molecule has 0 aliphatic carbocycles. The van der Waals surface area contributed by atoms with Gasteiger partial charge in [-0.2, -0.15) is 0 Å². The molecule has 0 bridgehead atoms. The normalized spacial score (nSPS) is 18.7. The Bertz CT molecular complexity index is 1490.